The van der Waals surface area contributed by atoms with E-state index in [-0.39, 0.29) is 13.2 Å². The summed E-state index contributed by atoms with van der Waals surface area (Å²) < 4.78 is 4.71. The number of hydrogen-bond donors (Lipinski definition) is 2. The molecule has 4 heteroatoms. The summed E-state index contributed by atoms with van der Waals surface area (Å²) in [5.74, 6) is 0. The Hall–Kier alpha value is 0.170. The summed E-state index contributed by atoms with van der Waals surface area (Å²) >= 11 is 5.50. The summed E-state index contributed by atoms with van der Waals surface area (Å²) in [6.45, 7) is -0.341. The normalized spacial score (nSPS) is 17.3. The average Bonchev–Trinajstić information content (AvgIpc) is 1.90. The first-order valence-electron chi connectivity index (χ1n) is 2.64. The van der Waals surface area contributed by atoms with Crippen molar-refractivity contribution in [1.29, 1.82) is 0 Å². The maximum absolute atomic E-state index is 8.51. The van der Waals surface area contributed by atoms with E-state index in [1.807, 2.05) is 0 Å². The van der Waals surface area contributed by atoms with Gasteiger partial charge in [0, 0.05) is 7.11 Å². The number of methoxy groups -OCH3 is 1. The largest absolute Gasteiger partial charge is 0.395 e. The quantitative estimate of drug-likeness (QED) is 0.542. The smallest absolute Gasteiger partial charge is 0.0987 e. The van der Waals surface area contributed by atoms with Gasteiger partial charge in [-0.25, -0.2) is 0 Å². The monoisotopic (exact) mass is 154 g/mol. The number of ether oxygens (including phenoxy) is 1. The van der Waals surface area contributed by atoms with Gasteiger partial charge in [-0.2, -0.15) is 0 Å². The van der Waals surface area contributed by atoms with E-state index in [9.17, 15) is 0 Å². The van der Waals surface area contributed by atoms with Gasteiger partial charge < -0.3 is 14.9 Å². The van der Waals surface area contributed by atoms with E-state index in [4.69, 9.17) is 26.6 Å². The lowest BCUT2D eigenvalue weighted by atomic mass is 10.3. The fourth-order valence-corrected chi connectivity index (χ4v) is 0.637. The third-order valence-corrected chi connectivity index (χ3v) is 1.48. The van der Waals surface area contributed by atoms with Crippen LogP contribution in [0.1, 0.15) is 0 Å². The molecule has 56 valence electrons. The number of alkyl halides is 1. The number of aliphatic hydroxyl groups is 2. The Morgan fingerprint density at radius 3 is 2.11 bits per heavy atom. The van der Waals surface area contributed by atoms with Crippen LogP contribution in [0.25, 0.3) is 0 Å². The van der Waals surface area contributed by atoms with Crippen LogP contribution in [-0.2, 0) is 4.74 Å². The van der Waals surface area contributed by atoms with E-state index < -0.39 is 11.5 Å². The summed E-state index contributed by atoms with van der Waals surface area (Å²) in [5.41, 5.74) is 0. The van der Waals surface area contributed by atoms with Crippen molar-refractivity contribution in [2.75, 3.05) is 20.3 Å². The standard InChI is InChI=1S/C5H11ClO3/c1-9-5(3-8)4(6)2-7/h4-5,7-8H,2-3H2,1H3. The molecule has 0 amide bonds. The molecule has 0 rings (SSSR count). The second kappa shape index (κ2) is 4.99. The van der Waals surface area contributed by atoms with Crippen molar-refractivity contribution < 1.29 is 14.9 Å². The van der Waals surface area contributed by atoms with Gasteiger partial charge in [-0.1, -0.05) is 0 Å². The molecule has 2 N–H and O–H groups in total. The van der Waals surface area contributed by atoms with Crippen molar-refractivity contribution >= 4 is 11.6 Å². The van der Waals surface area contributed by atoms with Gasteiger partial charge in [0.25, 0.3) is 0 Å². The fraction of sp³-hybridized carbons (Fsp3) is 1.00. The molecule has 0 aromatic carbocycles. The number of hydrogen-bond acceptors (Lipinski definition) is 3. The molecule has 0 aromatic rings. The third kappa shape index (κ3) is 3.01. The van der Waals surface area contributed by atoms with Crippen molar-refractivity contribution in [2.45, 2.75) is 11.5 Å². The van der Waals surface area contributed by atoms with Crippen LogP contribution in [0, 0.1) is 0 Å². The van der Waals surface area contributed by atoms with Gasteiger partial charge in [0.1, 0.15) is 0 Å². The van der Waals surface area contributed by atoms with Crippen LogP contribution < -0.4 is 0 Å². The van der Waals surface area contributed by atoms with Crippen molar-refractivity contribution in [3.63, 3.8) is 0 Å². The predicted molar refractivity (Wildman–Crippen MR) is 34.6 cm³/mol. The fourth-order valence-electron chi connectivity index (χ4n) is 0.454. The molecule has 0 aliphatic rings. The number of aliphatic hydroxyl groups excluding tert-OH is 2. The maximum atomic E-state index is 8.51. The molecule has 2 atom stereocenters. The van der Waals surface area contributed by atoms with Crippen molar-refractivity contribution in [1.82, 2.24) is 0 Å². The lowest BCUT2D eigenvalue weighted by molar-refractivity contribution is 0.0348. The molecule has 0 spiro atoms. The SMILES string of the molecule is COC(CO)C(Cl)CO. The molecule has 0 saturated heterocycles. The molecule has 0 aromatic heterocycles. The predicted octanol–water partition coefficient (Wildman–Crippen LogP) is -0.407. The summed E-state index contributed by atoms with van der Waals surface area (Å²) in [5, 5.41) is 16.4. The van der Waals surface area contributed by atoms with Crippen LogP contribution in [-0.4, -0.2) is 42.0 Å². The van der Waals surface area contributed by atoms with E-state index in [1.54, 1.807) is 0 Å². The number of rotatable bonds is 4. The van der Waals surface area contributed by atoms with E-state index in [2.05, 4.69) is 0 Å². The molecule has 0 aliphatic carbocycles. The molecule has 0 radical (unpaired) electrons. The van der Waals surface area contributed by atoms with Crippen LogP contribution in [0.15, 0.2) is 0 Å². The van der Waals surface area contributed by atoms with Gasteiger partial charge in [-0.15, -0.1) is 11.6 Å². The molecule has 0 heterocycles. The van der Waals surface area contributed by atoms with Crippen molar-refractivity contribution in [3.05, 3.63) is 0 Å². The second-order valence-corrected chi connectivity index (χ2v) is 2.22. The zero-order valence-corrected chi connectivity index (χ0v) is 6.01. The van der Waals surface area contributed by atoms with Gasteiger partial charge in [0.15, 0.2) is 0 Å². The Kier molecular flexibility index (Phi) is 5.09. The topological polar surface area (TPSA) is 49.7 Å². The van der Waals surface area contributed by atoms with Crippen molar-refractivity contribution in [2.24, 2.45) is 0 Å². The van der Waals surface area contributed by atoms with Crippen LogP contribution in [0.5, 0.6) is 0 Å². The van der Waals surface area contributed by atoms with Gasteiger partial charge in [-0.05, 0) is 0 Å². The lowest BCUT2D eigenvalue weighted by Gasteiger charge is -2.15. The highest BCUT2D eigenvalue weighted by atomic mass is 35.5. The van der Waals surface area contributed by atoms with E-state index in [0.717, 1.165) is 0 Å². The minimum Gasteiger partial charge on any atom is -0.395 e. The Morgan fingerprint density at radius 2 is 2.00 bits per heavy atom. The molecule has 9 heavy (non-hydrogen) atoms. The molecule has 0 fully saturated rings. The van der Waals surface area contributed by atoms with Crippen LogP contribution in [0.4, 0.5) is 0 Å². The number of halogens is 1. The molecule has 3 nitrogen and oxygen atoms in total. The van der Waals surface area contributed by atoms with E-state index >= 15 is 0 Å². The summed E-state index contributed by atoms with van der Waals surface area (Å²) in [4.78, 5) is 0. The zero-order chi connectivity index (χ0) is 7.28. The molecular formula is C5H11ClO3. The summed E-state index contributed by atoms with van der Waals surface area (Å²) in [6, 6.07) is 0. The summed E-state index contributed by atoms with van der Waals surface area (Å²) in [7, 11) is 1.44. The van der Waals surface area contributed by atoms with E-state index in [0.29, 0.717) is 0 Å². The van der Waals surface area contributed by atoms with Gasteiger partial charge in [-0.3, -0.25) is 0 Å². The second-order valence-electron chi connectivity index (χ2n) is 1.66. The molecule has 0 saturated carbocycles. The molecule has 0 aliphatic heterocycles. The first kappa shape index (κ1) is 9.17. The Morgan fingerprint density at radius 1 is 1.44 bits per heavy atom. The highest BCUT2D eigenvalue weighted by molar-refractivity contribution is 6.21. The molecular weight excluding hydrogens is 144 g/mol. The van der Waals surface area contributed by atoms with Gasteiger partial charge >= 0.3 is 0 Å². The lowest BCUT2D eigenvalue weighted by Crippen LogP contribution is -2.29. The van der Waals surface area contributed by atoms with Crippen LogP contribution >= 0.6 is 11.6 Å². The highest BCUT2D eigenvalue weighted by Crippen LogP contribution is 2.03. The van der Waals surface area contributed by atoms with Crippen molar-refractivity contribution in [3.8, 4) is 0 Å². The van der Waals surface area contributed by atoms with Gasteiger partial charge in [0.2, 0.25) is 0 Å². The minimum absolute atomic E-state index is 0.161. The third-order valence-electron chi connectivity index (χ3n) is 1.06. The Balaban J connectivity index is 3.50. The summed E-state index contributed by atoms with van der Waals surface area (Å²) in [6.07, 6.45) is -0.461. The highest BCUT2D eigenvalue weighted by Gasteiger charge is 2.15. The first-order valence-corrected chi connectivity index (χ1v) is 3.08. The van der Waals surface area contributed by atoms with Crippen LogP contribution in [0.3, 0.4) is 0 Å². The zero-order valence-electron chi connectivity index (χ0n) is 5.25. The maximum Gasteiger partial charge on any atom is 0.0987 e. The van der Waals surface area contributed by atoms with E-state index in [1.165, 1.54) is 7.11 Å². The molecule has 0 bridgehead atoms. The molecule has 2 unspecified atom stereocenters. The average molecular weight is 155 g/mol. The van der Waals surface area contributed by atoms with Gasteiger partial charge in [0.05, 0.1) is 24.7 Å². The Labute approximate surface area is 59.2 Å². The Bertz CT molecular complexity index is 65.2. The minimum atomic E-state index is -0.514. The first-order chi connectivity index (χ1) is 4.26. The van der Waals surface area contributed by atoms with Crippen LogP contribution in [0.2, 0.25) is 0 Å².